The summed E-state index contributed by atoms with van der Waals surface area (Å²) in [6.07, 6.45) is 1.18. The summed E-state index contributed by atoms with van der Waals surface area (Å²) in [6, 6.07) is 0.359. The molecule has 0 aromatic heterocycles. The first-order chi connectivity index (χ1) is 4.61. The fourth-order valence-electron chi connectivity index (χ4n) is 0.958. The lowest BCUT2D eigenvalue weighted by Crippen LogP contribution is -2.40. The Morgan fingerprint density at radius 2 is 2.30 bits per heavy atom. The summed E-state index contributed by atoms with van der Waals surface area (Å²) in [4.78, 5) is 10.5. The highest BCUT2D eigenvalue weighted by Gasteiger charge is 2.33. The number of carbonyl (C=O) groups excluding carboxylic acids is 1. The van der Waals surface area contributed by atoms with Crippen molar-refractivity contribution in [2.75, 3.05) is 0 Å². The first-order valence-electron chi connectivity index (χ1n) is 3.66. The molecule has 58 valence electrons. The van der Waals surface area contributed by atoms with Crippen molar-refractivity contribution in [3.05, 3.63) is 0 Å². The van der Waals surface area contributed by atoms with Gasteiger partial charge in [0.1, 0.15) is 0 Å². The number of hydrogen-bond donors (Lipinski definition) is 2. The Kier molecular flexibility index (Phi) is 1.94. The van der Waals surface area contributed by atoms with Crippen LogP contribution in [0.5, 0.6) is 0 Å². The van der Waals surface area contributed by atoms with E-state index in [2.05, 4.69) is 12.2 Å². The van der Waals surface area contributed by atoms with Crippen LogP contribution >= 0.6 is 0 Å². The van der Waals surface area contributed by atoms with Gasteiger partial charge in [0.2, 0.25) is 5.91 Å². The first-order valence-corrected chi connectivity index (χ1v) is 3.66. The van der Waals surface area contributed by atoms with Gasteiger partial charge in [-0.1, -0.05) is 6.92 Å². The summed E-state index contributed by atoms with van der Waals surface area (Å²) >= 11 is 0. The lowest BCUT2D eigenvalue weighted by Gasteiger charge is -2.07. The van der Waals surface area contributed by atoms with E-state index in [1.807, 2.05) is 0 Å². The van der Waals surface area contributed by atoms with Gasteiger partial charge in [-0.05, 0) is 19.3 Å². The lowest BCUT2D eigenvalue weighted by atomic mass is 10.3. The number of hydrogen-bond acceptors (Lipinski definition) is 2. The van der Waals surface area contributed by atoms with Gasteiger partial charge >= 0.3 is 0 Å². The second-order valence-electron chi connectivity index (χ2n) is 3.11. The Morgan fingerprint density at radius 1 is 1.80 bits per heavy atom. The highest BCUT2D eigenvalue weighted by Crippen LogP contribution is 2.29. The van der Waals surface area contributed by atoms with Crippen molar-refractivity contribution < 1.29 is 4.79 Å². The van der Waals surface area contributed by atoms with Crippen LogP contribution in [-0.4, -0.2) is 18.0 Å². The molecule has 0 saturated heterocycles. The van der Waals surface area contributed by atoms with Gasteiger partial charge in [0, 0.05) is 6.04 Å². The summed E-state index contributed by atoms with van der Waals surface area (Å²) in [6.45, 7) is 3.96. The van der Waals surface area contributed by atoms with Gasteiger partial charge in [-0.25, -0.2) is 0 Å². The molecule has 10 heavy (non-hydrogen) atoms. The minimum atomic E-state index is -0.265. The molecule has 0 aromatic carbocycles. The predicted octanol–water partition coefficient (Wildman–Crippen LogP) is -0.142. The monoisotopic (exact) mass is 142 g/mol. The van der Waals surface area contributed by atoms with Gasteiger partial charge in [-0.2, -0.15) is 0 Å². The quantitative estimate of drug-likeness (QED) is 0.576. The van der Waals surface area contributed by atoms with E-state index in [0.717, 1.165) is 5.92 Å². The molecule has 3 atom stereocenters. The van der Waals surface area contributed by atoms with Crippen LogP contribution in [0, 0.1) is 5.92 Å². The highest BCUT2D eigenvalue weighted by atomic mass is 16.1. The minimum absolute atomic E-state index is 0.171. The van der Waals surface area contributed by atoms with E-state index in [1.54, 1.807) is 6.92 Å². The van der Waals surface area contributed by atoms with Crippen molar-refractivity contribution >= 4 is 5.91 Å². The van der Waals surface area contributed by atoms with E-state index >= 15 is 0 Å². The number of nitrogens with one attached hydrogen (secondary N) is 1. The molecule has 0 bridgehead atoms. The fraction of sp³-hybridized carbons (Fsp3) is 0.857. The van der Waals surface area contributed by atoms with Crippen molar-refractivity contribution in [1.82, 2.24) is 5.32 Å². The normalized spacial score (nSPS) is 33.4. The Balaban J connectivity index is 2.19. The number of primary amides is 1. The van der Waals surface area contributed by atoms with Crippen molar-refractivity contribution in [3.8, 4) is 0 Å². The molecule has 1 aliphatic carbocycles. The lowest BCUT2D eigenvalue weighted by molar-refractivity contribution is -0.119. The average molecular weight is 142 g/mol. The summed E-state index contributed by atoms with van der Waals surface area (Å²) in [5.41, 5.74) is 5.06. The maximum atomic E-state index is 10.5. The van der Waals surface area contributed by atoms with Crippen molar-refractivity contribution in [1.29, 1.82) is 0 Å². The van der Waals surface area contributed by atoms with Crippen molar-refractivity contribution in [2.24, 2.45) is 11.7 Å². The zero-order valence-corrected chi connectivity index (χ0v) is 6.42. The van der Waals surface area contributed by atoms with Crippen molar-refractivity contribution in [2.45, 2.75) is 32.4 Å². The van der Waals surface area contributed by atoms with Crippen LogP contribution in [0.3, 0.4) is 0 Å². The van der Waals surface area contributed by atoms with Crippen LogP contribution in [0.4, 0.5) is 0 Å². The van der Waals surface area contributed by atoms with Gasteiger partial charge < -0.3 is 11.1 Å². The molecule has 1 fully saturated rings. The molecule has 1 aliphatic rings. The minimum Gasteiger partial charge on any atom is -0.368 e. The Bertz CT molecular complexity index is 147. The van der Waals surface area contributed by atoms with Crippen LogP contribution in [0.15, 0.2) is 0 Å². The second-order valence-corrected chi connectivity index (χ2v) is 3.11. The first kappa shape index (κ1) is 7.54. The molecular weight excluding hydrogens is 128 g/mol. The molecule has 0 aromatic rings. The Hall–Kier alpha value is -0.570. The van der Waals surface area contributed by atoms with Crippen LogP contribution < -0.4 is 11.1 Å². The predicted molar refractivity (Wildman–Crippen MR) is 39.4 cm³/mol. The molecule has 1 saturated carbocycles. The molecule has 0 spiro atoms. The molecule has 3 unspecified atom stereocenters. The summed E-state index contributed by atoms with van der Waals surface area (Å²) in [5.74, 6) is 0.459. The molecule has 3 heteroatoms. The topological polar surface area (TPSA) is 55.1 Å². The van der Waals surface area contributed by atoms with Gasteiger partial charge in [0.25, 0.3) is 0 Å². The smallest absolute Gasteiger partial charge is 0.234 e. The number of amides is 1. The fourth-order valence-corrected chi connectivity index (χ4v) is 0.958. The van der Waals surface area contributed by atoms with E-state index in [0.29, 0.717) is 6.04 Å². The third-order valence-electron chi connectivity index (χ3n) is 2.00. The summed E-state index contributed by atoms with van der Waals surface area (Å²) in [5, 5.41) is 3.13. The van der Waals surface area contributed by atoms with E-state index in [9.17, 15) is 4.79 Å². The number of carbonyl (C=O) groups is 1. The number of rotatable bonds is 3. The van der Waals surface area contributed by atoms with Crippen molar-refractivity contribution in [3.63, 3.8) is 0 Å². The van der Waals surface area contributed by atoms with Crippen LogP contribution in [0.25, 0.3) is 0 Å². The molecule has 3 N–H and O–H groups in total. The third-order valence-corrected chi connectivity index (χ3v) is 2.00. The van der Waals surface area contributed by atoms with E-state index < -0.39 is 0 Å². The zero-order chi connectivity index (χ0) is 7.72. The standard InChI is InChI=1S/C7H14N2O/c1-4-3-6(4)9-5(2)7(8)10/h4-6,9H,3H2,1-2H3,(H2,8,10). The van der Waals surface area contributed by atoms with Gasteiger partial charge in [-0.15, -0.1) is 0 Å². The van der Waals surface area contributed by atoms with Crippen LogP contribution in [-0.2, 0) is 4.79 Å². The molecule has 0 aliphatic heterocycles. The van der Waals surface area contributed by atoms with E-state index in [4.69, 9.17) is 5.73 Å². The largest absolute Gasteiger partial charge is 0.368 e. The van der Waals surface area contributed by atoms with Gasteiger partial charge in [-0.3, -0.25) is 4.79 Å². The maximum Gasteiger partial charge on any atom is 0.234 e. The average Bonchev–Trinajstić information content (AvgIpc) is 2.46. The van der Waals surface area contributed by atoms with Gasteiger partial charge in [0.05, 0.1) is 6.04 Å². The molecule has 1 amide bonds. The molecule has 1 rings (SSSR count). The summed E-state index contributed by atoms with van der Waals surface area (Å²) < 4.78 is 0. The third kappa shape index (κ3) is 1.70. The van der Waals surface area contributed by atoms with Crippen LogP contribution in [0.1, 0.15) is 20.3 Å². The number of nitrogens with two attached hydrogens (primary N) is 1. The maximum absolute atomic E-state index is 10.5. The zero-order valence-electron chi connectivity index (χ0n) is 6.42. The molecule has 0 heterocycles. The molecule has 0 radical (unpaired) electrons. The Morgan fingerprint density at radius 3 is 2.60 bits per heavy atom. The molecule has 3 nitrogen and oxygen atoms in total. The van der Waals surface area contributed by atoms with E-state index in [-0.39, 0.29) is 11.9 Å². The van der Waals surface area contributed by atoms with Gasteiger partial charge in [0.15, 0.2) is 0 Å². The molecular formula is C7H14N2O. The van der Waals surface area contributed by atoms with Crippen LogP contribution in [0.2, 0.25) is 0 Å². The SMILES string of the molecule is CC(NC1CC1C)C(N)=O. The Labute approximate surface area is 61.0 Å². The highest BCUT2D eigenvalue weighted by molar-refractivity contribution is 5.79. The summed E-state index contributed by atoms with van der Waals surface area (Å²) in [7, 11) is 0. The van der Waals surface area contributed by atoms with E-state index in [1.165, 1.54) is 6.42 Å². The second kappa shape index (κ2) is 2.58.